The van der Waals surface area contributed by atoms with E-state index in [0.29, 0.717) is 12.5 Å². The minimum absolute atomic E-state index is 0.00637. The number of hydrogen-bond acceptors (Lipinski definition) is 4. The summed E-state index contributed by atoms with van der Waals surface area (Å²) in [6, 6.07) is 16.0. The Morgan fingerprint density at radius 2 is 1.62 bits per heavy atom. The molecule has 0 saturated heterocycles. The Morgan fingerprint density at radius 1 is 1.00 bits per heavy atom. The molecule has 2 aromatic carbocycles. The van der Waals surface area contributed by atoms with Gasteiger partial charge in [-0.25, -0.2) is 4.79 Å². The number of carbonyl (C=O) groups is 3. The van der Waals surface area contributed by atoms with Crippen molar-refractivity contribution in [2.75, 3.05) is 13.2 Å². The monoisotopic (exact) mass is 464 g/mol. The maximum atomic E-state index is 12.4. The Kier molecular flexibility index (Phi) is 7.50. The van der Waals surface area contributed by atoms with Gasteiger partial charge in [-0.2, -0.15) is 0 Å². The van der Waals surface area contributed by atoms with Crippen molar-refractivity contribution in [2.24, 2.45) is 11.8 Å². The normalized spacial score (nSPS) is 19.7. The third-order valence-electron chi connectivity index (χ3n) is 6.90. The van der Waals surface area contributed by atoms with Crippen LogP contribution in [-0.4, -0.2) is 42.3 Å². The molecule has 3 atom stereocenters. The number of benzene rings is 2. The number of ether oxygens (including phenoxy) is 1. The number of fused-ring (bicyclic) bond motifs is 3. The molecule has 2 aliphatic rings. The molecule has 3 unspecified atom stereocenters. The quantitative estimate of drug-likeness (QED) is 0.513. The molecule has 0 spiro atoms. The van der Waals surface area contributed by atoms with Gasteiger partial charge < -0.3 is 20.5 Å². The molecular weight excluding hydrogens is 432 g/mol. The number of carboxylic acids is 1. The third kappa shape index (κ3) is 5.76. The largest absolute Gasteiger partial charge is 0.481 e. The Labute approximate surface area is 199 Å². The zero-order chi connectivity index (χ0) is 24.1. The number of carbonyl (C=O) groups excluding carboxylic acids is 2. The number of alkyl carbamates (subject to hydrolysis) is 1. The van der Waals surface area contributed by atoms with E-state index in [1.165, 1.54) is 11.1 Å². The summed E-state index contributed by atoms with van der Waals surface area (Å²) < 4.78 is 5.55. The Hall–Kier alpha value is -3.35. The lowest BCUT2D eigenvalue weighted by Crippen LogP contribution is -2.39. The first-order valence-electron chi connectivity index (χ1n) is 12.0. The van der Waals surface area contributed by atoms with Crippen LogP contribution >= 0.6 is 0 Å². The fraction of sp³-hybridized carbons (Fsp3) is 0.444. The lowest BCUT2D eigenvalue weighted by atomic mass is 9.98. The zero-order valence-corrected chi connectivity index (χ0v) is 19.5. The van der Waals surface area contributed by atoms with Crippen molar-refractivity contribution in [3.05, 3.63) is 59.7 Å². The van der Waals surface area contributed by atoms with E-state index in [9.17, 15) is 14.4 Å². The number of nitrogens with one attached hydrogen (secondary N) is 2. The van der Waals surface area contributed by atoms with E-state index >= 15 is 0 Å². The second kappa shape index (κ2) is 10.7. The summed E-state index contributed by atoms with van der Waals surface area (Å²) in [5.74, 6) is -0.378. The van der Waals surface area contributed by atoms with Crippen molar-refractivity contribution in [1.82, 2.24) is 10.6 Å². The molecule has 7 nitrogen and oxygen atoms in total. The van der Waals surface area contributed by atoms with Crippen molar-refractivity contribution in [1.29, 1.82) is 0 Å². The predicted molar refractivity (Wildman–Crippen MR) is 128 cm³/mol. The van der Waals surface area contributed by atoms with Crippen LogP contribution in [0.4, 0.5) is 4.79 Å². The van der Waals surface area contributed by atoms with Gasteiger partial charge in [-0.05, 0) is 60.3 Å². The standard InChI is InChI=1S/C27H32N2O5/c1-17(12-25(30)28-15-19-11-10-18(13-19)14-26(31)32)29-27(33)34-16-24-22-8-4-2-6-20(22)21-7-3-5-9-23(21)24/h2-9,17-19,24H,10-16H2,1H3,(H,28,30)(H,29,33)(H,31,32). The molecule has 2 amide bonds. The van der Waals surface area contributed by atoms with Gasteiger partial charge in [0.05, 0.1) is 0 Å². The molecule has 180 valence electrons. The number of amides is 2. The van der Waals surface area contributed by atoms with Crippen LogP contribution in [0, 0.1) is 11.8 Å². The summed E-state index contributed by atoms with van der Waals surface area (Å²) in [7, 11) is 0. The van der Waals surface area contributed by atoms with Gasteiger partial charge in [0.2, 0.25) is 5.91 Å². The van der Waals surface area contributed by atoms with Crippen LogP contribution < -0.4 is 10.6 Å². The highest BCUT2D eigenvalue weighted by molar-refractivity contribution is 5.79. The van der Waals surface area contributed by atoms with Gasteiger partial charge in [0.15, 0.2) is 0 Å². The average molecular weight is 465 g/mol. The van der Waals surface area contributed by atoms with Gasteiger partial charge in [-0.3, -0.25) is 9.59 Å². The van der Waals surface area contributed by atoms with E-state index in [4.69, 9.17) is 9.84 Å². The third-order valence-corrected chi connectivity index (χ3v) is 6.90. The maximum absolute atomic E-state index is 12.4. The van der Waals surface area contributed by atoms with Crippen molar-refractivity contribution in [3.8, 4) is 11.1 Å². The molecule has 0 bridgehead atoms. The molecule has 1 saturated carbocycles. The Morgan fingerprint density at radius 3 is 2.26 bits per heavy atom. The Bertz CT molecular complexity index is 1010. The van der Waals surface area contributed by atoms with Crippen molar-refractivity contribution in [2.45, 2.75) is 51.0 Å². The predicted octanol–water partition coefficient (Wildman–Crippen LogP) is 4.31. The molecule has 4 rings (SSSR count). The molecule has 0 aromatic heterocycles. The van der Waals surface area contributed by atoms with Crippen molar-refractivity contribution in [3.63, 3.8) is 0 Å². The molecule has 0 aliphatic heterocycles. The zero-order valence-electron chi connectivity index (χ0n) is 19.5. The highest BCUT2D eigenvalue weighted by Crippen LogP contribution is 2.44. The van der Waals surface area contributed by atoms with Crippen LogP contribution in [0.5, 0.6) is 0 Å². The van der Waals surface area contributed by atoms with E-state index in [2.05, 4.69) is 34.9 Å². The van der Waals surface area contributed by atoms with Crippen LogP contribution in [0.2, 0.25) is 0 Å². The first-order valence-corrected chi connectivity index (χ1v) is 12.0. The van der Waals surface area contributed by atoms with Crippen molar-refractivity contribution < 1.29 is 24.2 Å². The highest BCUT2D eigenvalue weighted by Gasteiger charge is 2.29. The summed E-state index contributed by atoms with van der Waals surface area (Å²) in [5.41, 5.74) is 4.66. The summed E-state index contributed by atoms with van der Waals surface area (Å²) >= 11 is 0. The molecule has 1 fully saturated rings. The van der Waals surface area contributed by atoms with Crippen LogP contribution in [0.15, 0.2) is 48.5 Å². The number of hydrogen-bond donors (Lipinski definition) is 3. The van der Waals surface area contributed by atoms with Crippen LogP contribution in [-0.2, 0) is 14.3 Å². The van der Waals surface area contributed by atoms with Gasteiger partial charge >= 0.3 is 12.1 Å². The SMILES string of the molecule is CC(CC(=O)NCC1CCC(CC(=O)O)C1)NC(=O)OCC1c2ccccc2-c2ccccc21. The summed E-state index contributed by atoms with van der Waals surface area (Å²) in [4.78, 5) is 35.5. The number of carboxylic acid groups (broad SMARTS) is 1. The fourth-order valence-electron chi connectivity index (χ4n) is 5.30. The lowest BCUT2D eigenvalue weighted by molar-refractivity contribution is -0.138. The molecule has 34 heavy (non-hydrogen) atoms. The van der Waals surface area contributed by atoms with E-state index in [1.807, 2.05) is 24.3 Å². The van der Waals surface area contributed by atoms with Gasteiger partial charge in [-0.15, -0.1) is 0 Å². The van der Waals surface area contributed by atoms with Crippen LogP contribution in [0.3, 0.4) is 0 Å². The molecular formula is C27H32N2O5. The van der Waals surface area contributed by atoms with Crippen LogP contribution in [0.1, 0.15) is 56.1 Å². The topological polar surface area (TPSA) is 105 Å². The highest BCUT2D eigenvalue weighted by atomic mass is 16.5. The average Bonchev–Trinajstić information content (AvgIpc) is 3.38. The van der Waals surface area contributed by atoms with E-state index < -0.39 is 12.1 Å². The smallest absolute Gasteiger partial charge is 0.407 e. The fourth-order valence-corrected chi connectivity index (χ4v) is 5.30. The molecule has 2 aliphatic carbocycles. The molecule has 7 heteroatoms. The minimum atomic E-state index is -0.761. The second-order valence-electron chi connectivity index (χ2n) is 9.52. The first-order chi connectivity index (χ1) is 16.4. The number of rotatable bonds is 9. The summed E-state index contributed by atoms with van der Waals surface area (Å²) in [5, 5.41) is 14.6. The van der Waals surface area contributed by atoms with Gasteiger partial charge in [0, 0.05) is 31.3 Å². The first kappa shape index (κ1) is 23.8. The van der Waals surface area contributed by atoms with Crippen LogP contribution in [0.25, 0.3) is 11.1 Å². The molecule has 2 aromatic rings. The van der Waals surface area contributed by atoms with E-state index in [0.717, 1.165) is 30.4 Å². The van der Waals surface area contributed by atoms with E-state index in [-0.39, 0.29) is 43.2 Å². The van der Waals surface area contributed by atoms with Gasteiger partial charge in [0.25, 0.3) is 0 Å². The van der Waals surface area contributed by atoms with E-state index in [1.54, 1.807) is 6.92 Å². The summed E-state index contributed by atoms with van der Waals surface area (Å²) in [6.07, 6.45) is 2.49. The van der Waals surface area contributed by atoms with Gasteiger partial charge in [-0.1, -0.05) is 48.5 Å². The van der Waals surface area contributed by atoms with Crippen molar-refractivity contribution >= 4 is 18.0 Å². The molecule has 0 radical (unpaired) electrons. The Balaban J connectivity index is 1.20. The maximum Gasteiger partial charge on any atom is 0.407 e. The molecule has 3 N–H and O–H groups in total. The second-order valence-corrected chi connectivity index (χ2v) is 9.52. The lowest BCUT2D eigenvalue weighted by Gasteiger charge is -2.18. The number of aliphatic carboxylic acids is 1. The minimum Gasteiger partial charge on any atom is -0.481 e. The summed E-state index contributed by atoms with van der Waals surface area (Å²) in [6.45, 7) is 2.56. The van der Waals surface area contributed by atoms with Gasteiger partial charge in [0.1, 0.15) is 6.61 Å². The molecule has 0 heterocycles.